The van der Waals surface area contributed by atoms with Crippen LogP contribution >= 0.6 is 11.3 Å². The van der Waals surface area contributed by atoms with E-state index in [1.165, 1.54) is 6.26 Å². The Bertz CT molecular complexity index is 886. The molecule has 9 heteroatoms. The van der Waals surface area contributed by atoms with Crippen LogP contribution in [0.3, 0.4) is 0 Å². The zero-order chi connectivity index (χ0) is 18.7. The smallest absolute Gasteiger partial charge is 0.191 e. The number of anilines is 1. The van der Waals surface area contributed by atoms with E-state index in [1.54, 1.807) is 30.4 Å². The number of aryl methyl sites for hydroxylation is 1. The molecular weight excluding hydrogens is 370 g/mol. The van der Waals surface area contributed by atoms with E-state index in [1.807, 2.05) is 17.6 Å². The van der Waals surface area contributed by atoms with Crippen LogP contribution in [0.15, 0.2) is 39.7 Å². The van der Waals surface area contributed by atoms with Gasteiger partial charge in [0.15, 0.2) is 20.9 Å². The summed E-state index contributed by atoms with van der Waals surface area (Å²) in [7, 11) is -3.20. The third kappa shape index (κ3) is 4.34. The molecule has 2 heterocycles. The molecule has 0 unspecified atom stereocenters. The summed E-state index contributed by atoms with van der Waals surface area (Å²) < 4.78 is 23.4. The van der Waals surface area contributed by atoms with Gasteiger partial charge in [-0.25, -0.2) is 18.4 Å². The highest BCUT2D eigenvalue weighted by Crippen LogP contribution is 2.19. The number of thiazole rings is 1. The fourth-order valence-electron chi connectivity index (χ4n) is 3.00. The number of sulfone groups is 1. The van der Waals surface area contributed by atoms with Crippen molar-refractivity contribution in [3.63, 3.8) is 0 Å². The van der Waals surface area contributed by atoms with Crippen LogP contribution in [0.5, 0.6) is 0 Å². The van der Waals surface area contributed by atoms with E-state index in [4.69, 9.17) is 5.73 Å². The molecule has 0 radical (unpaired) electrons. The molecule has 0 bridgehead atoms. The van der Waals surface area contributed by atoms with Crippen molar-refractivity contribution in [1.29, 1.82) is 0 Å². The molecule has 0 saturated carbocycles. The summed E-state index contributed by atoms with van der Waals surface area (Å²) in [5, 5.41) is 3.02. The summed E-state index contributed by atoms with van der Waals surface area (Å²) in [6.45, 7) is 5.58. The number of aliphatic imine (C=N–C) groups is 1. The lowest BCUT2D eigenvalue weighted by molar-refractivity contribution is 0.380. The summed E-state index contributed by atoms with van der Waals surface area (Å²) in [5.74, 6) is 0.522. The summed E-state index contributed by atoms with van der Waals surface area (Å²) in [6, 6.07) is 5.28. The monoisotopic (exact) mass is 393 g/mol. The van der Waals surface area contributed by atoms with Crippen molar-refractivity contribution in [1.82, 2.24) is 9.88 Å². The molecule has 0 spiro atoms. The van der Waals surface area contributed by atoms with Gasteiger partial charge in [-0.05, 0) is 24.1 Å². The molecule has 1 aromatic carbocycles. The lowest BCUT2D eigenvalue weighted by Gasteiger charge is -2.35. The number of nitrogens with two attached hydrogens (primary N) is 1. The quantitative estimate of drug-likeness (QED) is 0.625. The van der Waals surface area contributed by atoms with E-state index < -0.39 is 9.84 Å². The van der Waals surface area contributed by atoms with Crippen LogP contribution in [0.25, 0.3) is 0 Å². The van der Waals surface area contributed by atoms with Crippen molar-refractivity contribution in [2.45, 2.75) is 18.4 Å². The highest BCUT2D eigenvalue weighted by molar-refractivity contribution is 7.90. The first-order valence-corrected chi connectivity index (χ1v) is 11.1. The lowest BCUT2D eigenvalue weighted by atomic mass is 10.1. The third-order valence-electron chi connectivity index (χ3n) is 4.36. The molecule has 26 heavy (non-hydrogen) atoms. The fourth-order valence-corrected chi connectivity index (χ4v) is 4.65. The Morgan fingerprint density at radius 1 is 1.31 bits per heavy atom. The zero-order valence-corrected chi connectivity index (χ0v) is 16.6. The molecule has 0 atom stereocenters. The average Bonchev–Trinajstić information content (AvgIpc) is 3.13. The number of nitrogens with zero attached hydrogens (tertiary/aromatic N) is 4. The topological polar surface area (TPSA) is 91.9 Å². The van der Waals surface area contributed by atoms with Crippen LogP contribution < -0.4 is 10.6 Å². The summed E-state index contributed by atoms with van der Waals surface area (Å²) in [4.78, 5) is 13.5. The molecule has 7 nitrogen and oxygen atoms in total. The zero-order valence-electron chi connectivity index (χ0n) is 14.9. The van der Waals surface area contributed by atoms with Gasteiger partial charge in [0.2, 0.25) is 0 Å². The van der Waals surface area contributed by atoms with E-state index >= 15 is 0 Å². The van der Waals surface area contributed by atoms with Crippen molar-refractivity contribution >= 4 is 32.3 Å². The molecule has 0 aliphatic carbocycles. The molecule has 3 rings (SSSR count). The van der Waals surface area contributed by atoms with E-state index in [0.29, 0.717) is 17.4 Å². The fraction of sp³-hybridized carbons (Fsp3) is 0.412. The lowest BCUT2D eigenvalue weighted by Crippen LogP contribution is -2.51. The first kappa shape index (κ1) is 18.7. The van der Waals surface area contributed by atoms with Crippen LogP contribution in [-0.2, 0) is 16.4 Å². The molecule has 2 N–H and O–H groups in total. The first-order chi connectivity index (χ1) is 12.3. The van der Waals surface area contributed by atoms with Crippen LogP contribution in [0.1, 0.15) is 11.1 Å². The number of benzene rings is 1. The highest BCUT2D eigenvalue weighted by atomic mass is 32.2. The molecule has 2 aromatic rings. The molecule has 1 saturated heterocycles. The number of hydrogen-bond acceptors (Lipinski definition) is 6. The number of hydrogen-bond donors (Lipinski definition) is 1. The second-order valence-electron chi connectivity index (χ2n) is 6.34. The standard InChI is InChI=1S/C17H23N5O2S2/c1-13-11-14(3-4-15(13)26(2,23)24)12-20-16(18)21-6-8-22(9-7-21)17-19-5-10-25-17/h3-5,10-11H,6-9,12H2,1-2H3,(H2,18,20). The molecule has 140 valence electrons. The van der Waals surface area contributed by atoms with Gasteiger partial charge in [-0.2, -0.15) is 0 Å². The van der Waals surface area contributed by atoms with Gasteiger partial charge in [-0.1, -0.05) is 12.1 Å². The van der Waals surface area contributed by atoms with Crippen LogP contribution in [0.2, 0.25) is 0 Å². The maximum absolute atomic E-state index is 11.7. The van der Waals surface area contributed by atoms with Gasteiger partial charge in [0.05, 0.1) is 11.4 Å². The van der Waals surface area contributed by atoms with Crippen molar-refractivity contribution in [3.05, 3.63) is 40.9 Å². The average molecular weight is 394 g/mol. The van der Waals surface area contributed by atoms with Crippen LogP contribution in [0.4, 0.5) is 5.13 Å². The number of aromatic nitrogens is 1. The van der Waals surface area contributed by atoms with Gasteiger partial charge >= 0.3 is 0 Å². The van der Waals surface area contributed by atoms with E-state index in [-0.39, 0.29) is 0 Å². The van der Waals surface area contributed by atoms with Gasteiger partial charge in [0.1, 0.15) is 0 Å². The predicted octanol–water partition coefficient (Wildman–Crippen LogP) is 1.49. The van der Waals surface area contributed by atoms with E-state index in [0.717, 1.165) is 42.4 Å². The Hall–Kier alpha value is -2.13. The highest BCUT2D eigenvalue weighted by Gasteiger charge is 2.19. The van der Waals surface area contributed by atoms with Crippen LogP contribution in [0, 0.1) is 6.92 Å². The molecule has 1 aliphatic heterocycles. The Balaban J connectivity index is 1.60. The van der Waals surface area contributed by atoms with Crippen molar-refractivity contribution in [3.8, 4) is 0 Å². The maximum Gasteiger partial charge on any atom is 0.191 e. The second-order valence-corrected chi connectivity index (χ2v) is 9.19. The minimum atomic E-state index is -3.20. The van der Waals surface area contributed by atoms with Gasteiger partial charge in [0, 0.05) is 44.0 Å². The minimum absolute atomic E-state index is 0.358. The Morgan fingerprint density at radius 2 is 2.04 bits per heavy atom. The van der Waals surface area contributed by atoms with Crippen molar-refractivity contribution < 1.29 is 8.42 Å². The Morgan fingerprint density at radius 3 is 2.62 bits per heavy atom. The van der Waals surface area contributed by atoms with Gasteiger partial charge in [0.25, 0.3) is 0 Å². The van der Waals surface area contributed by atoms with E-state index in [9.17, 15) is 8.42 Å². The normalized spacial score (nSPS) is 16.2. The predicted molar refractivity (Wildman–Crippen MR) is 106 cm³/mol. The summed E-state index contributed by atoms with van der Waals surface area (Å²) in [6.07, 6.45) is 3.04. The summed E-state index contributed by atoms with van der Waals surface area (Å²) in [5.41, 5.74) is 7.82. The van der Waals surface area contributed by atoms with E-state index in [2.05, 4.69) is 19.8 Å². The molecule has 1 fully saturated rings. The van der Waals surface area contributed by atoms with Gasteiger partial charge < -0.3 is 15.5 Å². The van der Waals surface area contributed by atoms with Gasteiger partial charge in [-0.3, -0.25) is 0 Å². The molecule has 1 aromatic heterocycles. The van der Waals surface area contributed by atoms with Crippen LogP contribution in [-0.4, -0.2) is 56.7 Å². The summed E-state index contributed by atoms with van der Waals surface area (Å²) >= 11 is 1.64. The van der Waals surface area contributed by atoms with Gasteiger partial charge in [-0.15, -0.1) is 11.3 Å². The van der Waals surface area contributed by atoms with Crippen molar-refractivity contribution in [2.75, 3.05) is 37.3 Å². The molecular formula is C17H23N5O2S2. The number of rotatable bonds is 4. The second kappa shape index (κ2) is 7.63. The Kier molecular flexibility index (Phi) is 5.47. The third-order valence-corrected chi connectivity index (χ3v) is 6.45. The molecule has 0 amide bonds. The first-order valence-electron chi connectivity index (χ1n) is 8.33. The number of piperazine rings is 1. The Labute approximate surface area is 158 Å². The largest absolute Gasteiger partial charge is 0.370 e. The van der Waals surface area contributed by atoms with Crippen molar-refractivity contribution in [2.24, 2.45) is 10.7 Å². The minimum Gasteiger partial charge on any atom is -0.370 e. The SMILES string of the molecule is Cc1cc(CN=C(N)N2CCN(c3nccs3)CC2)ccc1S(C)(=O)=O. The maximum atomic E-state index is 11.7. The number of guanidine groups is 1. The molecule has 1 aliphatic rings.